The quantitative estimate of drug-likeness (QED) is 0.690. The topological polar surface area (TPSA) is 18.5 Å². The van der Waals surface area contributed by atoms with Crippen LogP contribution in [0.5, 0.6) is 0 Å². The maximum atomic E-state index is 3.56. The molecule has 3 nitrogen and oxygen atoms in total. The summed E-state index contributed by atoms with van der Waals surface area (Å²) in [6, 6.07) is 1.56. The molecule has 2 rings (SSSR count). The Hall–Kier alpha value is 0.00987. The molecule has 0 radical (unpaired) electrons. The molecule has 108 valence electrons. The predicted octanol–water partition coefficient (Wildman–Crippen LogP) is -0.535. The Labute approximate surface area is 121 Å². The Morgan fingerprint density at radius 1 is 1.21 bits per heavy atom. The van der Waals surface area contributed by atoms with E-state index in [-0.39, 0.29) is 0 Å². The molecule has 2 aliphatic rings. The van der Waals surface area contributed by atoms with Crippen LogP contribution in [0.15, 0.2) is 0 Å². The van der Waals surface area contributed by atoms with Crippen LogP contribution in [-0.2, 0) is 0 Å². The van der Waals surface area contributed by atoms with Gasteiger partial charge >= 0.3 is 0 Å². The molecule has 1 N–H and O–H groups in total. The van der Waals surface area contributed by atoms with Crippen molar-refractivity contribution in [2.24, 2.45) is 0 Å². The van der Waals surface area contributed by atoms with Crippen LogP contribution in [0.2, 0.25) is 0 Å². The largest absolute Gasteiger partial charge is 0.315 e. The fourth-order valence-corrected chi connectivity index (χ4v) is 3.74. The van der Waals surface area contributed by atoms with E-state index in [0.717, 1.165) is 18.6 Å². The molecule has 1 atom stereocenters. The standard InChI is InChI=1S/C14H31B2N3/c1-3-12(2)18-9-4-13(5-10-18)19-11-8-17-7-6-14(19,15)16/h12-13,17H,3-11,15-16H2,1-2H3/t12-/m0/s1. The van der Waals surface area contributed by atoms with E-state index in [1.54, 1.807) is 0 Å². The summed E-state index contributed by atoms with van der Waals surface area (Å²) in [5.74, 6) is 0. The summed E-state index contributed by atoms with van der Waals surface area (Å²) in [6.45, 7) is 10.8. The second kappa shape index (κ2) is 6.64. The molecule has 0 amide bonds. The summed E-state index contributed by atoms with van der Waals surface area (Å²) < 4.78 is 0. The van der Waals surface area contributed by atoms with E-state index >= 15 is 0 Å². The maximum Gasteiger partial charge on any atom is 0.117 e. The SMILES string of the molecule is BC1(B)CCNCCN1C1CCN([C@@H](C)CC)CC1. The lowest BCUT2D eigenvalue weighted by Gasteiger charge is -2.47. The Balaban J connectivity index is 1.92. The fourth-order valence-electron chi connectivity index (χ4n) is 3.74. The lowest BCUT2D eigenvalue weighted by Crippen LogP contribution is -2.58. The number of hydrogen-bond donors (Lipinski definition) is 1. The molecule has 0 aromatic rings. The van der Waals surface area contributed by atoms with Gasteiger partial charge in [-0.3, -0.25) is 0 Å². The minimum Gasteiger partial charge on any atom is -0.315 e. The van der Waals surface area contributed by atoms with Crippen LogP contribution in [0, 0.1) is 0 Å². The molecular formula is C14H31B2N3. The molecule has 0 aliphatic carbocycles. The van der Waals surface area contributed by atoms with E-state index in [1.165, 1.54) is 51.9 Å². The van der Waals surface area contributed by atoms with Crippen molar-refractivity contribution in [1.29, 1.82) is 0 Å². The van der Waals surface area contributed by atoms with E-state index in [0.29, 0.717) is 5.34 Å². The highest BCUT2D eigenvalue weighted by atomic mass is 15.2. The molecule has 2 fully saturated rings. The van der Waals surface area contributed by atoms with Crippen molar-refractivity contribution >= 4 is 15.7 Å². The number of likely N-dealkylation sites (tertiary alicyclic amines) is 1. The minimum atomic E-state index is 0.368. The first-order valence-corrected chi connectivity index (χ1v) is 8.26. The van der Waals surface area contributed by atoms with Crippen LogP contribution < -0.4 is 5.32 Å². The molecule has 0 unspecified atom stereocenters. The van der Waals surface area contributed by atoms with Crippen molar-refractivity contribution in [3.05, 3.63) is 0 Å². The summed E-state index contributed by atoms with van der Waals surface area (Å²) in [5.41, 5.74) is 0. The first-order valence-electron chi connectivity index (χ1n) is 8.26. The molecule has 0 bridgehead atoms. The molecule has 0 aromatic heterocycles. The summed E-state index contributed by atoms with van der Waals surface area (Å²) >= 11 is 0. The van der Waals surface area contributed by atoms with Gasteiger partial charge in [-0.05, 0) is 57.6 Å². The highest BCUT2D eigenvalue weighted by Gasteiger charge is 2.35. The van der Waals surface area contributed by atoms with Gasteiger partial charge in [-0.1, -0.05) is 6.92 Å². The van der Waals surface area contributed by atoms with Crippen LogP contribution in [0.1, 0.15) is 39.5 Å². The summed E-state index contributed by atoms with van der Waals surface area (Å²) in [6.07, 6.45) is 5.27. The van der Waals surface area contributed by atoms with E-state index in [9.17, 15) is 0 Å². The number of rotatable bonds is 3. The second-order valence-electron chi connectivity index (χ2n) is 7.03. The smallest absolute Gasteiger partial charge is 0.117 e. The lowest BCUT2D eigenvalue weighted by molar-refractivity contribution is 0.0721. The van der Waals surface area contributed by atoms with Gasteiger partial charge in [-0.2, -0.15) is 0 Å². The zero-order valence-electron chi connectivity index (χ0n) is 13.4. The van der Waals surface area contributed by atoms with Gasteiger partial charge in [-0.15, -0.1) is 0 Å². The predicted molar refractivity (Wildman–Crippen MR) is 88.4 cm³/mol. The summed E-state index contributed by atoms with van der Waals surface area (Å²) in [4.78, 5) is 5.47. The average molecular weight is 263 g/mol. The molecule has 2 saturated heterocycles. The minimum absolute atomic E-state index is 0.368. The Kier molecular flexibility index (Phi) is 5.38. The van der Waals surface area contributed by atoms with Gasteiger partial charge in [0, 0.05) is 25.2 Å². The van der Waals surface area contributed by atoms with Gasteiger partial charge in [-0.25, -0.2) is 0 Å². The number of nitrogens with one attached hydrogen (secondary N) is 1. The molecule has 0 saturated carbocycles. The maximum absolute atomic E-state index is 3.56. The summed E-state index contributed by atoms with van der Waals surface area (Å²) in [7, 11) is 4.86. The highest BCUT2D eigenvalue weighted by Crippen LogP contribution is 2.25. The zero-order valence-corrected chi connectivity index (χ0v) is 13.4. The van der Waals surface area contributed by atoms with Crippen LogP contribution in [0.3, 0.4) is 0 Å². The first kappa shape index (κ1) is 15.4. The van der Waals surface area contributed by atoms with Crippen LogP contribution in [-0.4, -0.2) is 75.6 Å². The van der Waals surface area contributed by atoms with Gasteiger partial charge < -0.3 is 15.1 Å². The third-order valence-electron chi connectivity index (χ3n) is 5.37. The fraction of sp³-hybridized carbons (Fsp3) is 1.00. The van der Waals surface area contributed by atoms with Gasteiger partial charge in [0.2, 0.25) is 0 Å². The van der Waals surface area contributed by atoms with Gasteiger partial charge in [0.05, 0.1) is 0 Å². The van der Waals surface area contributed by atoms with Crippen molar-refractivity contribution in [3.63, 3.8) is 0 Å². The first-order chi connectivity index (χ1) is 9.04. The van der Waals surface area contributed by atoms with Crippen molar-refractivity contribution in [2.75, 3.05) is 32.7 Å². The number of piperidine rings is 1. The number of nitrogens with zero attached hydrogens (tertiary/aromatic N) is 2. The van der Waals surface area contributed by atoms with Gasteiger partial charge in [0.25, 0.3) is 0 Å². The summed E-state index contributed by atoms with van der Waals surface area (Å²) in [5, 5.41) is 3.92. The van der Waals surface area contributed by atoms with Crippen LogP contribution >= 0.6 is 0 Å². The Morgan fingerprint density at radius 3 is 2.53 bits per heavy atom. The monoisotopic (exact) mass is 263 g/mol. The van der Waals surface area contributed by atoms with Crippen molar-refractivity contribution in [3.8, 4) is 0 Å². The molecule has 2 aliphatic heterocycles. The Bertz CT molecular complexity index is 278. The molecule has 2 heterocycles. The molecule has 5 heteroatoms. The van der Waals surface area contributed by atoms with E-state index in [2.05, 4.69) is 44.7 Å². The lowest BCUT2D eigenvalue weighted by atomic mass is 9.58. The van der Waals surface area contributed by atoms with E-state index < -0.39 is 0 Å². The van der Waals surface area contributed by atoms with Crippen molar-refractivity contribution < 1.29 is 0 Å². The third kappa shape index (κ3) is 3.77. The van der Waals surface area contributed by atoms with Crippen LogP contribution in [0.4, 0.5) is 0 Å². The van der Waals surface area contributed by atoms with Gasteiger partial charge in [0.1, 0.15) is 15.7 Å². The van der Waals surface area contributed by atoms with Crippen molar-refractivity contribution in [1.82, 2.24) is 15.1 Å². The average Bonchev–Trinajstić information content (AvgIpc) is 2.59. The van der Waals surface area contributed by atoms with Gasteiger partial charge in [0.15, 0.2) is 0 Å². The third-order valence-corrected chi connectivity index (χ3v) is 5.37. The molecule has 0 aromatic carbocycles. The highest BCUT2D eigenvalue weighted by molar-refractivity contribution is 6.40. The molecule has 19 heavy (non-hydrogen) atoms. The van der Waals surface area contributed by atoms with Crippen molar-refractivity contribution in [2.45, 2.75) is 57.0 Å². The van der Waals surface area contributed by atoms with E-state index in [4.69, 9.17) is 0 Å². The molecule has 0 spiro atoms. The normalized spacial score (nSPS) is 28.9. The number of hydrogen-bond acceptors (Lipinski definition) is 3. The Morgan fingerprint density at radius 2 is 1.89 bits per heavy atom. The molecular weight excluding hydrogens is 232 g/mol. The second-order valence-corrected chi connectivity index (χ2v) is 7.03. The zero-order chi connectivity index (χ0) is 13.9. The van der Waals surface area contributed by atoms with Crippen LogP contribution in [0.25, 0.3) is 0 Å². The van der Waals surface area contributed by atoms with E-state index in [1.807, 2.05) is 0 Å².